The molecule has 3 aromatic carbocycles. The maximum atomic E-state index is 13.7. The van der Waals surface area contributed by atoms with Gasteiger partial charge in [-0.05, 0) is 84.4 Å². The highest BCUT2D eigenvalue weighted by Gasteiger charge is 2.36. The van der Waals surface area contributed by atoms with Gasteiger partial charge in [-0.3, -0.25) is 9.59 Å². The van der Waals surface area contributed by atoms with E-state index < -0.39 is 6.23 Å². The maximum absolute atomic E-state index is 13.7. The summed E-state index contributed by atoms with van der Waals surface area (Å²) in [5.41, 5.74) is 10.5. The van der Waals surface area contributed by atoms with E-state index in [1.807, 2.05) is 48.7 Å². The molecular formula is C29H27BrFN5O3S. The third kappa shape index (κ3) is 6.06. The minimum Gasteiger partial charge on any atom is -0.398 e. The van der Waals surface area contributed by atoms with Crippen LogP contribution in [0.1, 0.15) is 17.4 Å². The van der Waals surface area contributed by atoms with Gasteiger partial charge in [0.25, 0.3) is 11.1 Å². The van der Waals surface area contributed by atoms with Crippen molar-refractivity contribution in [2.75, 3.05) is 33.0 Å². The Bertz CT molecular complexity index is 1540. The molecule has 0 saturated carbocycles. The van der Waals surface area contributed by atoms with Crippen LogP contribution in [0.25, 0.3) is 16.9 Å². The van der Waals surface area contributed by atoms with Gasteiger partial charge in [-0.2, -0.15) is 5.10 Å². The molecule has 0 aliphatic carbocycles. The number of hydrogen-bond donors (Lipinski definition) is 1. The van der Waals surface area contributed by atoms with Crippen LogP contribution in [-0.2, 0) is 16.0 Å². The van der Waals surface area contributed by atoms with Crippen molar-refractivity contribution in [3.63, 3.8) is 0 Å². The quantitative estimate of drug-likeness (QED) is 0.204. The highest BCUT2D eigenvalue weighted by molar-refractivity contribution is 9.10. The summed E-state index contributed by atoms with van der Waals surface area (Å²) >= 11 is 4.53. The summed E-state index contributed by atoms with van der Waals surface area (Å²) in [6, 6.07) is 19.3. The number of nitrogen functional groups attached to an aromatic ring is 1. The average Bonchev–Trinajstić information content (AvgIpc) is 3.53. The molecule has 206 valence electrons. The van der Waals surface area contributed by atoms with Crippen LogP contribution < -0.4 is 5.73 Å². The largest absolute Gasteiger partial charge is 0.398 e. The van der Waals surface area contributed by atoms with Crippen molar-refractivity contribution in [2.24, 2.45) is 0 Å². The van der Waals surface area contributed by atoms with E-state index in [1.165, 1.54) is 17.0 Å². The molecule has 4 aromatic rings. The molecule has 1 fully saturated rings. The van der Waals surface area contributed by atoms with E-state index in [0.717, 1.165) is 27.5 Å². The summed E-state index contributed by atoms with van der Waals surface area (Å²) in [5.74, 6) is -0.482. The van der Waals surface area contributed by atoms with Gasteiger partial charge in [0.2, 0.25) is 0 Å². The average molecular weight is 625 g/mol. The fourth-order valence-corrected chi connectivity index (χ4v) is 5.31. The summed E-state index contributed by atoms with van der Waals surface area (Å²) in [6.07, 6.45) is 1.72. The van der Waals surface area contributed by atoms with E-state index in [2.05, 4.69) is 15.9 Å². The smallest absolute Gasteiger partial charge is 0.286 e. The van der Waals surface area contributed by atoms with Gasteiger partial charge < -0.3 is 20.3 Å². The summed E-state index contributed by atoms with van der Waals surface area (Å²) in [4.78, 5) is 28.9. The van der Waals surface area contributed by atoms with Crippen LogP contribution >= 0.6 is 27.7 Å². The van der Waals surface area contributed by atoms with Crippen molar-refractivity contribution in [1.82, 2.24) is 19.6 Å². The van der Waals surface area contributed by atoms with Gasteiger partial charge in [0, 0.05) is 53.0 Å². The number of amides is 2. The Hall–Kier alpha value is -3.67. The molecule has 1 aliphatic rings. The first-order chi connectivity index (χ1) is 19.2. The maximum Gasteiger partial charge on any atom is 0.286 e. The van der Waals surface area contributed by atoms with Crippen molar-refractivity contribution in [3.05, 3.63) is 94.3 Å². The molecule has 1 unspecified atom stereocenters. The predicted octanol–water partition coefficient (Wildman–Crippen LogP) is 5.90. The molecule has 1 aromatic heterocycles. The van der Waals surface area contributed by atoms with Crippen molar-refractivity contribution in [2.45, 2.75) is 17.5 Å². The summed E-state index contributed by atoms with van der Waals surface area (Å²) < 4.78 is 22.4. The van der Waals surface area contributed by atoms with Crippen LogP contribution in [0.3, 0.4) is 0 Å². The number of rotatable bonds is 7. The Morgan fingerprint density at radius 1 is 1.15 bits per heavy atom. The number of nitrogens with zero attached hydrogens (tertiary/aromatic N) is 4. The van der Waals surface area contributed by atoms with Gasteiger partial charge in [0.1, 0.15) is 18.1 Å². The van der Waals surface area contributed by atoms with Crippen LogP contribution in [0.5, 0.6) is 0 Å². The number of nitrogens with two attached hydrogens (primary N) is 1. The lowest BCUT2D eigenvalue weighted by atomic mass is 10.1. The van der Waals surface area contributed by atoms with Gasteiger partial charge in [0.15, 0.2) is 6.23 Å². The molecule has 11 heteroatoms. The number of carbonyl (C=O) groups excluding carboxylic acids is 2. The van der Waals surface area contributed by atoms with Crippen molar-refractivity contribution in [3.8, 4) is 16.9 Å². The van der Waals surface area contributed by atoms with E-state index in [-0.39, 0.29) is 23.6 Å². The summed E-state index contributed by atoms with van der Waals surface area (Å²) in [5, 5.41) is 4.69. The Morgan fingerprint density at radius 3 is 2.55 bits per heavy atom. The molecule has 2 N–H and O–H groups in total. The van der Waals surface area contributed by atoms with Gasteiger partial charge in [-0.25, -0.2) is 9.07 Å². The minimum atomic E-state index is -0.665. The van der Waals surface area contributed by atoms with Crippen molar-refractivity contribution < 1.29 is 18.7 Å². The minimum absolute atomic E-state index is 0.0542. The molecule has 0 bridgehead atoms. The number of ether oxygens (including phenoxy) is 1. The van der Waals surface area contributed by atoms with E-state index in [1.54, 1.807) is 35.8 Å². The molecule has 5 rings (SSSR count). The molecule has 1 saturated heterocycles. The standard InChI is InChI=1S/C29H27BrFN5O3S/c1-34(2)29(38)40-25-12-3-18(15-24(25)32)13-14-35-26(37)17-39-28(35)23-16-36(22-10-6-20(30)7-11-22)33-27(23)19-4-8-21(31)9-5-19/h3-12,15-16,28H,13-14,17,32H2,1-2H3. The predicted molar refractivity (Wildman–Crippen MR) is 157 cm³/mol. The zero-order valence-electron chi connectivity index (χ0n) is 21.9. The first kappa shape index (κ1) is 27.9. The number of hydrogen-bond acceptors (Lipinski definition) is 6. The number of anilines is 1. The molecule has 0 radical (unpaired) electrons. The zero-order chi connectivity index (χ0) is 28.4. The van der Waals surface area contributed by atoms with Crippen molar-refractivity contribution in [1.29, 1.82) is 0 Å². The molecule has 1 atom stereocenters. The van der Waals surface area contributed by atoms with E-state index in [0.29, 0.717) is 40.4 Å². The number of benzene rings is 3. The zero-order valence-corrected chi connectivity index (χ0v) is 24.3. The van der Waals surface area contributed by atoms with E-state index in [9.17, 15) is 14.0 Å². The number of halogens is 2. The highest BCUT2D eigenvalue weighted by Crippen LogP contribution is 2.36. The Balaban J connectivity index is 1.41. The lowest BCUT2D eigenvalue weighted by molar-refractivity contribution is -0.128. The van der Waals surface area contributed by atoms with E-state index >= 15 is 0 Å². The molecule has 8 nitrogen and oxygen atoms in total. The number of thioether (sulfide) groups is 1. The number of carbonyl (C=O) groups is 2. The topological polar surface area (TPSA) is 93.7 Å². The van der Waals surface area contributed by atoms with Crippen LogP contribution in [0.2, 0.25) is 0 Å². The van der Waals surface area contributed by atoms with Gasteiger partial charge in [-0.15, -0.1) is 0 Å². The molecule has 2 heterocycles. The second kappa shape index (κ2) is 11.8. The van der Waals surface area contributed by atoms with Gasteiger partial charge in [-0.1, -0.05) is 22.0 Å². The molecular weight excluding hydrogens is 597 g/mol. The first-order valence-electron chi connectivity index (χ1n) is 12.5. The lowest BCUT2D eigenvalue weighted by Crippen LogP contribution is -2.30. The summed E-state index contributed by atoms with van der Waals surface area (Å²) in [7, 11) is 3.38. The Labute approximate surface area is 244 Å². The second-order valence-electron chi connectivity index (χ2n) is 9.50. The fraction of sp³-hybridized carbons (Fsp3) is 0.207. The van der Waals surface area contributed by atoms with Crippen LogP contribution in [0, 0.1) is 5.82 Å². The normalized spacial score (nSPS) is 15.1. The third-order valence-electron chi connectivity index (χ3n) is 6.46. The Kier molecular flexibility index (Phi) is 8.24. The highest BCUT2D eigenvalue weighted by atomic mass is 79.9. The van der Waals surface area contributed by atoms with Crippen LogP contribution in [0.15, 0.2) is 82.3 Å². The van der Waals surface area contributed by atoms with E-state index in [4.69, 9.17) is 15.6 Å². The molecule has 1 aliphatic heterocycles. The Morgan fingerprint density at radius 2 is 1.88 bits per heavy atom. The van der Waals surface area contributed by atoms with Crippen LogP contribution in [-0.4, -0.2) is 58.0 Å². The molecule has 40 heavy (non-hydrogen) atoms. The van der Waals surface area contributed by atoms with Gasteiger partial charge >= 0.3 is 0 Å². The first-order valence-corrected chi connectivity index (χ1v) is 14.1. The third-order valence-corrected chi connectivity index (χ3v) is 8.12. The lowest BCUT2D eigenvalue weighted by Gasteiger charge is -2.23. The summed E-state index contributed by atoms with van der Waals surface area (Å²) in [6.45, 7) is 0.333. The SMILES string of the molecule is CN(C)C(=O)Sc1ccc(CCN2C(=O)COC2c2cn(-c3ccc(Br)cc3)nc2-c2ccc(F)cc2)cc1N. The molecule has 0 spiro atoms. The monoisotopic (exact) mass is 623 g/mol. The van der Waals surface area contributed by atoms with Crippen molar-refractivity contribution >= 4 is 44.5 Å². The fourth-order valence-electron chi connectivity index (χ4n) is 4.36. The van der Waals surface area contributed by atoms with Gasteiger partial charge in [0.05, 0.1) is 5.69 Å². The van der Waals surface area contributed by atoms with Crippen LogP contribution in [0.4, 0.5) is 14.9 Å². The molecule has 2 amide bonds. The second-order valence-corrected chi connectivity index (χ2v) is 11.4. The number of aromatic nitrogens is 2.